The Bertz CT molecular complexity index is 593. The van der Waals surface area contributed by atoms with E-state index in [4.69, 9.17) is 22.1 Å². The van der Waals surface area contributed by atoms with Crippen molar-refractivity contribution in [3.05, 3.63) is 28.8 Å². The highest BCUT2D eigenvalue weighted by molar-refractivity contribution is 6.33. The molecule has 0 saturated heterocycles. The van der Waals surface area contributed by atoms with E-state index in [-0.39, 0.29) is 10.8 Å². The number of hydrogen-bond donors (Lipinski definition) is 2. The number of nitrogens with two attached hydrogens (primary N) is 1. The number of ether oxygens (including phenoxy) is 1. The molecule has 122 valence electrons. The molecule has 0 aromatic heterocycles. The molecule has 3 N–H and O–H groups in total. The van der Waals surface area contributed by atoms with Crippen molar-refractivity contribution in [3.63, 3.8) is 0 Å². The predicted molar refractivity (Wildman–Crippen MR) is 90.4 cm³/mol. The molecule has 1 aromatic rings. The number of benzene rings is 1. The fourth-order valence-corrected chi connectivity index (χ4v) is 3.17. The molecule has 4 nitrogen and oxygen atoms in total. The number of carbonyl (C=O) groups is 1. The minimum Gasteiger partial charge on any atom is -0.444 e. The summed E-state index contributed by atoms with van der Waals surface area (Å²) in [5.74, 6) is 0. The molecule has 1 atom stereocenters. The molecule has 5 heteroatoms. The number of hydrogen-bond acceptors (Lipinski definition) is 3. The smallest absolute Gasteiger partial charge is 0.412 e. The van der Waals surface area contributed by atoms with Gasteiger partial charge in [0.1, 0.15) is 5.60 Å². The van der Waals surface area contributed by atoms with E-state index >= 15 is 0 Å². The van der Waals surface area contributed by atoms with Crippen LogP contribution in [0.2, 0.25) is 5.02 Å². The molecule has 1 unspecified atom stereocenters. The number of anilines is 1. The van der Waals surface area contributed by atoms with Crippen LogP contribution in [0.25, 0.3) is 0 Å². The highest BCUT2D eigenvalue weighted by Crippen LogP contribution is 2.63. The van der Waals surface area contributed by atoms with E-state index in [1.54, 1.807) is 6.07 Å². The number of rotatable bonds is 3. The third kappa shape index (κ3) is 3.23. The van der Waals surface area contributed by atoms with Gasteiger partial charge in [0.05, 0.1) is 10.7 Å². The van der Waals surface area contributed by atoms with E-state index in [1.165, 1.54) is 0 Å². The second-order valence-electron chi connectivity index (χ2n) is 7.67. The first-order valence-corrected chi connectivity index (χ1v) is 7.89. The quantitative estimate of drug-likeness (QED) is 0.870. The lowest BCUT2D eigenvalue weighted by atomic mass is 9.88. The van der Waals surface area contributed by atoms with Gasteiger partial charge in [-0.1, -0.05) is 31.5 Å². The summed E-state index contributed by atoms with van der Waals surface area (Å²) in [7, 11) is 0. The zero-order valence-electron chi connectivity index (χ0n) is 13.9. The first kappa shape index (κ1) is 17.1. The van der Waals surface area contributed by atoms with Crippen molar-refractivity contribution in [2.75, 3.05) is 11.9 Å². The third-order valence-electron chi connectivity index (χ3n) is 4.42. The normalized spacial score (nSPS) is 23.0. The SMILES string of the molecule is CC(C)(C)OC(=O)Nc1cc(C2(CN)CC2(C)C)ccc1Cl. The van der Waals surface area contributed by atoms with E-state index in [0.717, 1.165) is 12.0 Å². The van der Waals surface area contributed by atoms with E-state index in [9.17, 15) is 4.79 Å². The van der Waals surface area contributed by atoms with Crippen molar-refractivity contribution < 1.29 is 9.53 Å². The Hall–Kier alpha value is -1.26. The minimum absolute atomic E-state index is 0.0397. The molecule has 1 fully saturated rings. The number of halogens is 1. The Morgan fingerprint density at radius 1 is 1.41 bits per heavy atom. The van der Waals surface area contributed by atoms with Crippen LogP contribution in [-0.4, -0.2) is 18.2 Å². The number of carbonyl (C=O) groups excluding carboxylic acids is 1. The van der Waals surface area contributed by atoms with Crippen LogP contribution in [0.15, 0.2) is 18.2 Å². The van der Waals surface area contributed by atoms with Gasteiger partial charge in [-0.05, 0) is 50.3 Å². The summed E-state index contributed by atoms with van der Waals surface area (Å²) in [6.07, 6.45) is 0.521. The number of amides is 1. The fraction of sp³-hybridized carbons (Fsp3) is 0.588. The van der Waals surface area contributed by atoms with Crippen molar-refractivity contribution in [2.24, 2.45) is 11.1 Å². The lowest BCUT2D eigenvalue weighted by molar-refractivity contribution is 0.0636. The summed E-state index contributed by atoms with van der Waals surface area (Å²) >= 11 is 6.19. The Labute approximate surface area is 137 Å². The second-order valence-corrected chi connectivity index (χ2v) is 8.08. The Balaban J connectivity index is 2.24. The Morgan fingerprint density at radius 3 is 2.45 bits per heavy atom. The van der Waals surface area contributed by atoms with Crippen LogP contribution in [0.4, 0.5) is 10.5 Å². The van der Waals surface area contributed by atoms with Crippen molar-refractivity contribution >= 4 is 23.4 Å². The van der Waals surface area contributed by atoms with E-state index in [1.807, 2.05) is 32.9 Å². The van der Waals surface area contributed by atoms with Gasteiger partial charge in [-0.15, -0.1) is 0 Å². The fourth-order valence-electron chi connectivity index (χ4n) is 3.00. The Kier molecular flexibility index (Phi) is 4.22. The molecule has 2 rings (SSSR count). The molecule has 0 aliphatic heterocycles. The van der Waals surface area contributed by atoms with Gasteiger partial charge < -0.3 is 10.5 Å². The van der Waals surface area contributed by atoms with Crippen molar-refractivity contribution in [2.45, 2.75) is 52.1 Å². The van der Waals surface area contributed by atoms with Crippen LogP contribution in [0.3, 0.4) is 0 Å². The largest absolute Gasteiger partial charge is 0.444 e. The number of nitrogens with one attached hydrogen (secondary N) is 1. The first-order chi connectivity index (χ1) is 10.0. The molecular formula is C17H25ClN2O2. The van der Waals surface area contributed by atoms with Gasteiger partial charge in [0.15, 0.2) is 0 Å². The second kappa shape index (κ2) is 5.43. The average molecular weight is 325 g/mol. The summed E-state index contributed by atoms with van der Waals surface area (Å²) < 4.78 is 5.27. The van der Waals surface area contributed by atoms with Crippen LogP contribution in [0, 0.1) is 5.41 Å². The minimum atomic E-state index is -0.550. The van der Waals surface area contributed by atoms with Crippen LogP contribution in [0.1, 0.15) is 46.6 Å². The third-order valence-corrected chi connectivity index (χ3v) is 4.75. The highest BCUT2D eigenvalue weighted by atomic mass is 35.5. The molecule has 1 aromatic carbocycles. The maximum Gasteiger partial charge on any atom is 0.412 e. The maximum absolute atomic E-state index is 11.9. The summed E-state index contributed by atoms with van der Waals surface area (Å²) in [5.41, 5.74) is 7.25. The molecule has 0 radical (unpaired) electrons. The zero-order valence-corrected chi connectivity index (χ0v) is 14.7. The molecule has 0 spiro atoms. The van der Waals surface area contributed by atoms with Crippen LogP contribution < -0.4 is 11.1 Å². The van der Waals surface area contributed by atoms with Crippen LogP contribution in [0.5, 0.6) is 0 Å². The van der Waals surface area contributed by atoms with Crippen LogP contribution >= 0.6 is 11.6 Å². The lowest BCUT2D eigenvalue weighted by Crippen LogP contribution is -2.28. The van der Waals surface area contributed by atoms with Crippen LogP contribution in [-0.2, 0) is 10.2 Å². The van der Waals surface area contributed by atoms with E-state index in [2.05, 4.69) is 19.2 Å². The molecule has 1 saturated carbocycles. The van der Waals surface area contributed by atoms with Gasteiger partial charge in [0.25, 0.3) is 0 Å². The van der Waals surface area contributed by atoms with E-state index in [0.29, 0.717) is 17.3 Å². The summed E-state index contributed by atoms with van der Waals surface area (Å²) in [6.45, 7) is 10.4. The summed E-state index contributed by atoms with van der Waals surface area (Å²) in [6, 6.07) is 5.70. The molecular weight excluding hydrogens is 300 g/mol. The van der Waals surface area contributed by atoms with E-state index < -0.39 is 11.7 Å². The predicted octanol–water partition coefficient (Wildman–Crippen LogP) is 4.31. The molecule has 22 heavy (non-hydrogen) atoms. The molecule has 1 aliphatic carbocycles. The lowest BCUT2D eigenvalue weighted by Gasteiger charge is -2.22. The van der Waals surface area contributed by atoms with Crippen molar-refractivity contribution in [3.8, 4) is 0 Å². The summed E-state index contributed by atoms with van der Waals surface area (Å²) in [4.78, 5) is 11.9. The average Bonchev–Trinajstić information content (AvgIpc) is 2.93. The molecule has 0 heterocycles. The van der Waals surface area contributed by atoms with Gasteiger partial charge in [-0.3, -0.25) is 5.32 Å². The molecule has 1 aliphatic rings. The van der Waals surface area contributed by atoms with Crippen molar-refractivity contribution in [1.82, 2.24) is 0 Å². The standard InChI is InChI=1S/C17H25ClN2O2/c1-15(2,3)22-14(21)20-13-8-11(6-7-12(13)18)17(10-19)9-16(17,4)5/h6-8H,9-10,19H2,1-5H3,(H,20,21). The maximum atomic E-state index is 11.9. The topological polar surface area (TPSA) is 64.3 Å². The van der Waals surface area contributed by atoms with Gasteiger partial charge >= 0.3 is 6.09 Å². The van der Waals surface area contributed by atoms with Gasteiger partial charge in [-0.2, -0.15) is 0 Å². The highest BCUT2D eigenvalue weighted by Gasteiger charge is 2.60. The first-order valence-electron chi connectivity index (χ1n) is 7.51. The Morgan fingerprint density at radius 2 is 2.00 bits per heavy atom. The van der Waals surface area contributed by atoms with Crippen molar-refractivity contribution in [1.29, 1.82) is 0 Å². The van der Waals surface area contributed by atoms with Gasteiger partial charge in [-0.25, -0.2) is 4.79 Å². The molecule has 1 amide bonds. The monoisotopic (exact) mass is 324 g/mol. The van der Waals surface area contributed by atoms with Gasteiger partial charge in [0, 0.05) is 12.0 Å². The zero-order chi connectivity index (χ0) is 16.8. The summed E-state index contributed by atoms with van der Waals surface area (Å²) in [5, 5.41) is 3.21. The van der Waals surface area contributed by atoms with Gasteiger partial charge in [0.2, 0.25) is 0 Å². The molecule has 0 bridgehead atoms.